The second-order valence-electron chi connectivity index (χ2n) is 3.93. The average Bonchev–Trinajstić information content (AvgIpc) is 2.76. The Morgan fingerprint density at radius 2 is 2.06 bits per heavy atom. The third kappa shape index (κ3) is 3.09. The molecule has 2 rings (SSSR count). The summed E-state index contributed by atoms with van der Waals surface area (Å²) in [6.45, 7) is 4.65. The summed E-state index contributed by atoms with van der Waals surface area (Å²) in [7, 11) is 0. The number of benzene rings is 1. The summed E-state index contributed by atoms with van der Waals surface area (Å²) in [6.07, 6.45) is 3.38. The van der Waals surface area contributed by atoms with E-state index in [1.807, 2.05) is 6.92 Å². The average molecular weight is 231 g/mol. The Kier molecular flexibility index (Phi) is 3.81. The minimum atomic E-state index is 0.507. The van der Waals surface area contributed by atoms with Gasteiger partial charge in [0.2, 0.25) is 0 Å². The van der Waals surface area contributed by atoms with E-state index < -0.39 is 0 Å². The van der Waals surface area contributed by atoms with E-state index >= 15 is 0 Å². The summed E-state index contributed by atoms with van der Waals surface area (Å²) in [6, 6.07) is 8.37. The van der Waals surface area contributed by atoms with Gasteiger partial charge >= 0.3 is 5.95 Å². The first-order valence-electron chi connectivity index (χ1n) is 5.91. The van der Waals surface area contributed by atoms with Crippen LogP contribution in [0.15, 0.2) is 34.9 Å². The van der Waals surface area contributed by atoms with Crippen molar-refractivity contribution in [2.45, 2.75) is 26.7 Å². The van der Waals surface area contributed by atoms with E-state index in [4.69, 9.17) is 9.15 Å². The van der Waals surface area contributed by atoms with E-state index in [0.717, 1.165) is 18.7 Å². The molecule has 90 valence electrons. The molecule has 0 saturated carbocycles. The number of hydrogen-bond acceptors (Lipinski definition) is 3. The van der Waals surface area contributed by atoms with E-state index in [-0.39, 0.29) is 0 Å². The molecule has 2 aromatic rings. The molecule has 1 aromatic carbocycles. The number of oxazole rings is 1. The maximum absolute atomic E-state index is 5.45. The molecule has 0 fully saturated rings. The molecule has 0 saturated heterocycles. The van der Waals surface area contributed by atoms with Crippen molar-refractivity contribution >= 4 is 0 Å². The predicted octanol–water partition coefficient (Wildman–Crippen LogP) is 3.17. The molecule has 0 aliphatic heterocycles. The molecule has 1 heterocycles. The van der Waals surface area contributed by atoms with Crippen molar-refractivity contribution in [1.82, 2.24) is 4.98 Å². The van der Waals surface area contributed by atoms with Crippen LogP contribution in [0.5, 0.6) is 5.95 Å². The molecular weight excluding hydrogens is 214 g/mol. The van der Waals surface area contributed by atoms with Crippen LogP contribution in [0.2, 0.25) is 0 Å². The number of aromatic nitrogens is 1. The summed E-state index contributed by atoms with van der Waals surface area (Å²) in [4.78, 5) is 4.19. The highest BCUT2D eigenvalue weighted by atomic mass is 16.6. The monoisotopic (exact) mass is 231 g/mol. The van der Waals surface area contributed by atoms with Gasteiger partial charge in [0.15, 0.2) is 5.89 Å². The van der Waals surface area contributed by atoms with E-state index in [1.54, 1.807) is 6.20 Å². The zero-order valence-corrected chi connectivity index (χ0v) is 10.3. The fourth-order valence-electron chi connectivity index (χ4n) is 1.75. The van der Waals surface area contributed by atoms with Gasteiger partial charge in [-0.15, -0.1) is 0 Å². The Morgan fingerprint density at radius 3 is 2.82 bits per heavy atom. The SMILES string of the molecule is CCOc1cnc(CCc2ccccc2C)o1. The molecule has 3 nitrogen and oxygen atoms in total. The van der Waals surface area contributed by atoms with Crippen LogP contribution in [-0.2, 0) is 12.8 Å². The second kappa shape index (κ2) is 5.53. The number of ether oxygens (including phenoxy) is 1. The van der Waals surface area contributed by atoms with Crippen molar-refractivity contribution < 1.29 is 9.15 Å². The molecule has 0 radical (unpaired) electrons. The fraction of sp³-hybridized carbons (Fsp3) is 0.357. The zero-order chi connectivity index (χ0) is 12.1. The van der Waals surface area contributed by atoms with Crippen LogP contribution in [0.4, 0.5) is 0 Å². The minimum Gasteiger partial charge on any atom is -0.464 e. The molecule has 3 heteroatoms. The highest BCUT2D eigenvalue weighted by Crippen LogP contribution is 2.15. The minimum absolute atomic E-state index is 0.507. The molecule has 17 heavy (non-hydrogen) atoms. The Morgan fingerprint density at radius 1 is 1.24 bits per heavy atom. The first-order chi connectivity index (χ1) is 8.29. The lowest BCUT2D eigenvalue weighted by Crippen LogP contribution is -1.93. The molecule has 0 aliphatic carbocycles. The van der Waals surface area contributed by atoms with Crippen molar-refractivity contribution in [3.63, 3.8) is 0 Å². The van der Waals surface area contributed by atoms with Gasteiger partial charge in [-0.25, -0.2) is 4.98 Å². The van der Waals surface area contributed by atoms with Crippen LogP contribution in [0.3, 0.4) is 0 Å². The molecule has 0 atom stereocenters. The molecular formula is C14H17NO2. The third-order valence-corrected chi connectivity index (χ3v) is 2.69. The van der Waals surface area contributed by atoms with E-state index in [2.05, 4.69) is 36.2 Å². The van der Waals surface area contributed by atoms with Crippen LogP contribution in [0, 0.1) is 6.92 Å². The summed E-state index contributed by atoms with van der Waals surface area (Å²) >= 11 is 0. The summed E-state index contributed by atoms with van der Waals surface area (Å²) in [5.74, 6) is 1.24. The molecule has 0 N–H and O–H groups in total. The Hall–Kier alpha value is -1.77. The van der Waals surface area contributed by atoms with Crippen LogP contribution < -0.4 is 4.74 Å². The Labute approximate surface area is 101 Å². The lowest BCUT2D eigenvalue weighted by Gasteiger charge is -2.02. The Balaban J connectivity index is 1.95. The van der Waals surface area contributed by atoms with Gasteiger partial charge < -0.3 is 9.15 Å². The van der Waals surface area contributed by atoms with Gasteiger partial charge in [0.05, 0.1) is 6.61 Å². The smallest absolute Gasteiger partial charge is 0.305 e. The molecule has 0 bridgehead atoms. The predicted molar refractivity (Wildman–Crippen MR) is 66.3 cm³/mol. The Bertz CT molecular complexity index is 477. The number of nitrogens with zero attached hydrogens (tertiary/aromatic N) is 1. The standard InChI is InChI=1S/C14H17NO2/c1-3-16-14-10-15-13(17-14)9-8-12-7-5-4-6-11(12)2/h4-7,10H,3,8-9H2,1-2H3. The van der Waals surface area contributed by atoms with Gasteiger partial charge in [0.1, 0.15) is 6.20 Å². The molecule has 1 aromatic heterocycles. The number of rotatable bonds is 5. The summed E-state index contributed by atoms with van der Waals surface area (Å²) in [5.41, 5.74) is 2.65. The fourth-order valence-corrected chi connectivity index (χ4v) is 1.75. The van der Waals surface area contributed by atoms with Crippen molar-refractivity contribution in [3.8, 4) is 5.95 Å². The van der Waals surface area contributed by atoms with Gasteiger partial charge in [-0.2, -0.15) is 0 Å². The van der Waals surface area contributed by atoms with Gasteiger partial charge in [0, 0.05) is 6.42 Å². The number of hydrogen-bond donors (Lipinski definition) is 0. The summed E-state index contributed by atoms with van der Waals surface area (Å²) < 4.78 is 10.7. The maximum Gasteiger partial charge on any atom is 0.305 e. The van der Waals surface area contributed by atoms with Crippen molar-refractivity contribution in [1.29, 1.82) is 0 Å². The normalized spacial score (nSPS) is 10.5. The lowest BCUT2D eigenvalue weighted by atomic mass is 10.0. The van der Waals surface area contributed by atoms with Crippen LogP contribution >= 0.6 is 0 Å². The van der Waals surface area contributed by atoms with Crippen molar-refractivity contribution in [3.05, 3.63) is 47.5 Å². The van der Waals surface area contributed by atoms with Crippen LogP contribution in [0.1, 0.15) is 23.9 Å². The van der Waals surface area contributed by atoms with Gasteiger partial charge in [-0.05, 0) is 31.4 Å². The largest absolute Gasteiger partial charge is 0.464 e. The quantitative estimate of drug-likeness (QED) is 0.792. The number of aryl methyl sites for hydroxylation is 3. The second-order valence-corrected chi connectivity index (χ2v) is 3.93. The lowest BCUT2D eigenvalue weighted by molar-refractivity contribution is 0.250. The molecule has 0 unspecified atom stereocenters. The summed E-state index contributed by atoms with van der Waals surface area (Å²) in [5, 5.41) is 0. The first-order valence-corrected chi connectivity index (χ1v) is 5.91. The van der Waals surface area contributed by atoms with E-state index in [9.17, 15) is 0 Å². The van der Waals surface area contributed by atoms with Gasteiger partial charge in [-0.1, -0.05) is 24.3 Å². The van der Waals surface area contributed by atoms with E-state index in [0.29, 0.717) is 12.6 Å². The first kappa shape index (κ1) is 11.7. The van der Waals surface area contributed by atoms with E-state index in [1.165, 1.54) is 11.1 Å². The van der Waals surface area contributed by atoms with Crippen molar-refractivity contribution in [2.24, 2.45) is 0 Å². The molecule has 0 spiro atoms. The van der Waals surface area contributed by atoms with Gasteiger partial charge in [0.25, 0.3) is 0 Å². The molecule has 0 amide bonds. The van der Waals surface area contributed by atoms with Crippen molar-refractivity contribution in [2.75, 3.05) is 6.61 Å². The van der Waals surface area contributed by atoms with Crippen LogP contribution in [0.25, 0.3) is 0 Å². The highest BCUT2D eigenvalue weighted by molar-refractivity contribution is 5.25. The van der Waals surface area contributed by atoms with Crippen LogP contribution in [-0.4, -0.2) is 11.6 Å². The zero-order valence-electron chi connectivity index (χ0n) is 10.3. The van der Waals surface area contributed by atoms with Gasteiger partial charge in [-0.3, -0.25) is 0 Å². The highest BCUT2D eigenvalue weighted by Gasteiger charge is 2.05. The molecule has 0 aliphatic rings. The maximum atomic E-state index is 5.45. The third-order valence-electron chi connectivity index (χ3n) is 2.69. The topological polar surface area (TPSA) is 35.3 Å².